The Morgan fingerprint density at radius 2 is 1.72 bits per heavy atom. The Balaban J connectivity index is 1.73. The van der Waals surface area contributed by atoms with Gasteiger partial charge in [0.05, 0.1) is 33.8 Å². The summed E-state index contributed by atoms with van der Waals surface area (Å²) < 4.78 is 13.6. The number of carbonyl (C=O) groups is 1. The molecular weight excluding hydrogens is 366 g/mol. The van der Waals surface area contributed by atoms with E-state index in [1.165, 1.54) is 30.6 Å². The first-order chi connectivity index (χ1) is 12.0. The predicted molar refractivity (Wildman–Crippen MR) is 96.1 cm³/mol. The monoisotopic (exact) mass is 376 g/mol. The minimum absolute atomic E-state index is 0.0472. The average molecular weight is 377 g/mol. The van der Waals surface area contributed by atoms with Gasteiger partial charge in [-0.25, -0.2) is 14.4 Å². The third-order valence-corrected chi connectivity index (χ3v) is 4.04. The zero-order valence-electron chi connectivity index (χ0n) is 12.6. The van der Waals surface area contributed by atoms with Gasteiger partial charge in [-0.1, -0.05) is 41.4 Å². The number of aromatic nitrogens is 2. The normalized spacial score (nSPS) is 10.4. The average Bonchev–Trinajstić information content (AvgIpc) is 2.61. The molecule has 3 aromatic rings. The van der Waals surface area contributed by atoms with Gasteiger partial charge in [-0.05, 0) is 24.3 Å². The minimum Gasteiger partial charge on any atom is -0.338 e. The van der Waals surface area contributed by atoms with Crippen LogP contribution in [0.5, 0.6) is 0 Å². The highest BCUT2D eigenvalue weighted by atomic mass is 35.5. The van der Waals surface area contributed by atoms with E-state index in [1.807, 2.05) is 0 Å². The van der Waals surface area contributed by atoms with Gasteiger partial charge in [-0.15, -0.1) is 0 Å². The third-order valence-electron chi connectivity index (χ3n) is 3.22. The fraction of sp³-hybridized carbons (Fsp3) is 0. The van der Waals surface area contributed by atoms with Crippen LogP contribution in [0.3, 0.4) is 0 Å². The van der Waals surface area contributed by atoms with Crippen molar-refractivity contribution in [3.8, 4) is 0 Å². The maximum Gasteiger partial charge on any atom is 0.275 e. The van der Waals surface area contributed by atoms with E-state index < -0.39 is 11.7 Å². The van der Waals surface area contributed by atoms with Crippen LogP contribution >= 0.6 is 23.2 Å². The van der Waals surface area contributed by atoms with Crippen LogP contribution in [-0.4, -0.2) is 15.9 Å². The second-order valence-electron chi connectivity index (χ2n) is 4.95. The Kier molecular flexibility index (Phi) is 5.11. The Morgan fingerprint density at radius 1 is 0.960 bits per heavy atom. The third kappa shape index (κ3) is 4.04. The molecule has 5 nitrogen and oxygen atoms in total. The summed E-state index contributed by atoms with van der Waals surface area (Å²) >= 11 is 12.0. The van der Waals surface area contributed by atoms with Gasteiger partial charge < -0.3 is 10.6 Å². The van der Waals surface area contributed by atoms with Crippen molar-refractivity contribution in [2.45, 2.75) is 0 Å². The standard InChI is InChI=1S/C17H11Cl2FN4O/c18-10-4-3-7-13(16(10)19)23-15-9-21-14(8-22-15)17(25)24-12-6-2-1-5-11(12)20/h1-9H,(H,22,23)(H,24,25). The van der Waals surface area contributed by atoms with E-state index in [0.717, 1.165) is 0 Å². The number of hydrogen-bond donors (Lipinski definition) is 2. The molecule has 0 saturated carbocycles. The van der Waals surface area contributed by atoms with Crippen molar-refractivity contribution in [3.63, 3.8) is 0 Å². The van der Waals surface area contributed by atoms with Gasteiger partial charge in [0.15, 0.2) is 0 Å². The molecule has 2 aromatic carbocycles. The molecule has 3 rings (SSSR count). The maximum atomic E-state index is 13.6. The van der Waals surface area contributed by atoms with Crippen LogP contribution in [0.15, 0.2) is 54.9 Å². The highest BCUT2D eigenvalue weighted by molar-refractivity contribution is 6.43. The number of hydrogen-bond acceptors (Lipinski definition) is 4. The highest BCUT2D eigenvalue weighted by Crippen LogP contribution is 2.31. The zero-order valence-corrected chi connectivity index (χ0v) is 14.1. The number of amides is 1. The number of benzene rings is 2. The van der Waals surface area contributed by atoms with E-state index in [-0.39, 0.29) is 11.4 Å². The van der Waals surface area contributed by atoms with Crippen LogP contribution in [0.2, 0.25) is 10.0 Å². The van der Waals surface area contributed by atoms with Crippen molar-refractivity contribution in [2.75, 3.05) is 10.6 Å². The van der Waals surface area contributed by atoms with E-state index in [0.29, 0.717) is 21.6 Å². The molecule has 0 saturated heterocycles. The summed E-state index contributed by atoms with van der Waals surface area (Å²) in [6.07, 6.45) is 2.64. The highest BCUT2D eigenvalue weighted by Gasteiger charge is 2.11. The SMILES string of the molecule is O=C(Nc1ccccc1F)c1cnc(Nc2cccc(Cl)c2Cl)cn1. The molecule has 0 aliphatic carbocycles. The van der Waals surface area contributed by atoms with Gasteiger partial charge >= 0.3 is 0 Å². The van der Waals surface area contributed by atoms with Crippen LogP contribution in [0.4, 0.5) is 21.6 Å². The largest absolute Gasteiger partial charge is 0.338 e. The summed E-state index contributed by atoms with van der Waals surface area (Å²) in [6, 6.07) is 11.0. The number of carbonyl (C=O) groups excluding carboxylic acids is 1. The lowest BCUT2D eigenvalue weighted by Gasteiger charge is -2.09. The summed E-state index contributed by atoms with van der Waals surface area (Å²) in [5.74, 6) is -0.714. The lowest BCUT2D eigenvalue weighted by molar-refractivity contribution is 0.102. The van der Waals surface area contributed by atoms with Crippen molar-refractivity contribution >= 4 is 46.3 Å². The molecule has 0 aliphatic rings. The number of halogens is 3. The van der Waals surface area contributed by atoms with Crippen molar-refractivity contribution in [1.29, 1.82) is 0 Å². The topological polar surface area (TPSA) is 66.9 Å². The first-order valence-electron chi connectivity index (χ1n) is 7.13. The first-order valence-corrected chi connectivity index (χ1v) is 7.89. The molecule has 0 fully saturated rings. The summed E-state index contributed by atoms with van der Waals surface area (Å²) in [4.78, 5) is 20.2. The van der Waals surface area contributed by atoms with Gasteiger partial charge in [0.2, 0.25) is 0 Å². The Hall–Kier alpha value is -2.70. The second kappa shape index (κ2) is 7.46. The molecule has 1 amide bonds. The maximum absolute atomic E-state index is 13.6. The summed E-state index contributed by atoms with van der Waals surface area (Å²) in [7, 11) is 0. The number of anilines is 3. The van der Waals surface area contributed by atoms with E-state index in [9.17, 15) is 9.18 Å². The van der Waals surface area contributed by atoms with Gasteiger partial charge in [-0.2, -0.15) is 0 Å². The van der Waals surface area contributed by atoms with Crippen molar-refractivity contribution in [1.82, 2.24) is 9.97 Å². The number of nitrogens with zero attached hydrogens (tertiary/aromatic N) is 2. The molecule has 1 aromatic heterocycles. The fourth-order valence-electron chi connectivity index (χ4n) is 2.00. The lowest BCUT2D eigenvalue weighted by Crippen LogP contribution is -2.15. The molecule has 0 radical (unpaired) electrons. The number of rotatable bonds is 4. The molecule has 0 aliphatic heterocycles. The summed E-state index contributed by atoms with van der Waals surface area (Å²) in [6.45, 7) is 0. The van der Waals surface area contributed by atoms with Crippen molar-refractivity contribution < 1.29 is 9.18 Å². The van der Waals surface area contributed by atoms with E-state index in [4.69, 9.17) is 23.2 Å². The molecule has 0 unspecified atom stereocenters. The van der Waals surface area contributed by atoms with E-state index in [2.05, 4.69) is 20.6 Å². The van der Waals surface area contributed by atoms with E-state index in [1.54, 1.807) is 24.3 Å². The molecule has 0 spiro atoms. The van der Waals surface area contributed by atoms with Crippen LogP contribution in [0, 0.1) is 5.82 Å². The zero-order chi connectivity index (χ0) is 17.8. The molecule has 8 heteroatoms. The predicted octanol–water partition coefficient (Wildman–Crippen LogP) is 4.92. The van der Waals surface area contributed by atoms with Crippen LogP contribution in [-0.2, 0) is 0 Å². The van der Waals surface area contributed by atoms with Crippen LogP contribution in [0.1, 0.15) is 10.5 Å². The fourth-order valence-corrected chi connectivity index (χ4v) is 2.34. The summed E-state index contributed by atoms with van der Waals surface area (Å²) in [5, 5.41) is 6.15. The van der Waals surface area contributed by atoms with Crippen molar-refractivity contribution in [3.05, 3.63) is 76.4 Å². The Morgan fingerprint density at radius 3 is 2.44 bits per heavy atom. The quantitative estimate of drug-likeness (QED) is 0.678. The van der Waals surface area contributed by atoms with Gasteiger partial charge in [0.25, 0.3) is 5.91 Å². The van der Waals surface area contributed by atoms with Crippen LogP contribution < -0.4 is 10.6 Å². The molecule has 0 atom stereocenters. The number of para-hydroxylation sites is 1. The second-order valence-corrected chi connectivity index (χ2v) is 5.73. The first kappa shape index (κ1) is 17.1. The van der Waals surface area contributed by atoms with Gasteiger partial charge in [-0.3, -0.25) is 4.79 Å². The number of nitrogens with one attached hydrogen (secondary N) is 2. The Bertz CT molecular complexity index is 919. The Labute approximate surface area is 152 Å². The minimum atomic E-state index is -0.565. The molecule has 25 heavy (non-hydrogen) atoms. The van der Waals surface area contributed by atoms with Crippen molar-refractivity contribution in [2.24, 2.45) is 0 Å². The molecule has 2 N–H and O–H groups in total. The smallest absolute Gasteiger partial charge is 0.275 e. The molecule has 126 valence electrons. The molecule has 1 heterocycles. The van der Waals surface area contributed by atoms with Crippen LogP contribution in [0.25, 0.3) is 0 Å². The van der Waals surface area contributed by atoms with E-state index >= 15 is 0 Å². The molecule has 0 bridgehead atoms. The van der Waals surface area contributed by atoms with Gasteiger partial charge in [0, 0.05) is 0 Å². The summed E-state index contributed by atoms with van der Waals surface area (Å²) in [5.41, 5.74) is 0.681. The lowest BCUT2D eigenvalue weighted by atomic mass is 10.3. The molecular formula is C17H11Cl2FN4O. The van der Waals surface area contributed by atoms with Gasteiger partial charge in [0.1, 0.15) is 17.3 Å².